The van der Waals surface area contributed by atoms with E-state index in [0.717, 1.165) is 11.4 Å². The van der Waals surface area contributed by atoms with E-state index in [1.807, 2.05) is 19.1 Å². The highest BCUT2D eigenvalue weighted by atomic mass is 15.4. The van der Waals surface area contributed by atoms with E-state index >= 15 is 0 Å². The van der Waals surface area contributed by atoms with E-state index in [9.17, 15) is 0 Å². The molecule has 2 N–H and O–H groups in total. The molecule has 0 atom stereocenters. The summed E-state index contributed by atoms with van der Waals surface area (Å²) < 4.78 is 1.62. The maximum atomic E-state index is 5.41. The van der Waals surface area contributed by atoms with Crippen LogP contribution in [-0.4, -0.2) is 19.7 Å². The molecular formula is C9H11N5. The minimum atomic E-state index is 0.346. The Hall–Kier alpha value is -1.75. The molecular weight excluding hydrogens is 178 g/mol. The van der Waals surface area contributed by atoms with E-state index in [2.05, 4.69) is 15.1 Å². The zero-order valence-corrected chi connectivity index (χ0v) is 7.88. The van der Waals surface area contributed by atoms with Crippen LogP contribution in [0.3, 0.4) is 0 Å². The third-order valence-electron chi connectivity index (χ3n) is 1.86. The topological polar surface area (TPSA) is 69.6 Å². The second-order valence-electron chi connectivity index (χ2n) is 3.00. The van der Waals surface area contributed by atoms with Gasteiger partial charge in [0, 0.05) is 6.20 Å². The minimum absolute atomic E-state index is 0.346. The van der Waals surface area contributed by atoms with E-state index in [1.54, 1.807) is 17.2 Å². The van der Waals surface area contributed by atoms with E-state index in [-0.39, 0.29) is 0 Å². The van der Waals surface area contributed by atoms with Crippen molar-refractivity contribution in [3.63, 3.8) is 0 Å². The van der Waals surface area contributed by atoms with Gasteiger partial charge in [-0.25, -0.2) is 14.6 Å². The molecule has 0 aliphatic rings. The fourth-order valence-corrected chi connectivity index (χ4v) is 1.15. The Morgan fingerprint density at radius 2 is 2.29 bits per heavy atom. The molecule has 0 radical (unpaired) electrons. The highest BCUT2D eigenvalue weighted by Crippen LogP contribution is 2.04. The number of pyridine rings is 1. The average Bonchev–Trinajstić information content (AvgIpc) is 2.66. The zero-order chi connectivity index (χ0) is 9.97. The first-order valence-corrected chi connectivity index (χ1v) is 4.33. The quantitative estimate of drug-likeness (QED) is 0.743. The van der Waals surface area contributed by atoms with Crippen LogP contribution < -0.4 is 5.73 Å². The summed E-state index contributed by atoms with van der Waals surface area (Å²) in [5.41, 5.74) is 6.55. The maximum Gasteiger partial charge on any atom is 0.164 e. The molecule has 0 aliphatic carbocycles. The molecule has 2 heterocycles. The Morgan fingerprint density at radius 3 is 2.93 bits per heavy atom. The Labute approximate surface area is 81.6 Å². The maximum absolute atomic E-state index is 5.41. The molecule has 0 amide bonds. The Bertz CT molecular complexity index is 434. The molecule has 2 aromatic rings. The molecule has 0 saturated carbocycles. The van der Waals surface area contributed by atoms with Gasteiger partial charge in [0.15, 0.2) is 11.6 Å². The molecule has 2 aromatic heterocycles. The molecule has 2 rings (SSSR count). The fraction of sp³-hybridized carbons (Fsp3) is 0.222. The van der Waals surface area contributed by atoms with Gasteiger partial charge in [0.1, 0.15) is 6.33 Å². The van der Waals surface area contributed by atoms with Gasteiger partial charge in [-0.1, -0.05) is 0 Å². The molecule has 0 unspecified atom stereocenters. The summed E-state index contributed by atoms with van der Waals surface area (Å²) in [6.07, 6.45) is 3.36. The number of aromatic nitrogens is 4. The van der Waals surface area contributed by atoms with Gasteiger partial charge in [0.05, 0.1) is 6.54 Å². The third-order valence-corrected chi connectivity index (χ3v) is 1.86. The Morgan fingerprint density at radius 1 is 1.43 bits per heavy atom. The number of aryl methyl sites for hydroxylation is 1. The monoisotopic (exact) mass is 189 g/mol. The largest absolute Gasteiger partial charge is 0.324 e. The number of hydrogen-bond donors (Lipinski definition) is 1. The number of nitrogens with zero attached hydrogens (tertiary/aromatic N) is 4. The predicted octanol–water partition coefficient (Wildman–Crippen LogP) is 0.429. The van der Waals surface area contributed by atoms with E-state index in [1.165, 1.54) is 0 Å². The van der Waals surface area contributed by atoms with Crippen molar-refractivity contribution in [1.82, 2.24) is 19.7 Å². The van der Waals surface area contributed by atoms with Crippen LogP contribution in [0.15, 0.2) is 24.7 Å². The van der Waals surface area contributed by atoms with Crippen LogP contribution in [-0.2, 0) is 6.54 Å². The van der Waals surface area contributed by atoms with Gasteiger partial charge < -0.3 is 5.73 Å². The highest BCUT2D eigenvalue weighted by molar-refractivity contribution is 5.25. The molecule has 0 spiro atoms. The summed E-state index contributed by atoms with van der Waals surface area (Å²) in [6, 6.07) is 3.87. The SMILES string of the molecule is Cc1ccnc(-n2cnc(CN)n2)c1. The van der Waals surface area contributed by atoms with Gasteiger partial charge in [-0.15, -0.1) is 5.10 Å². The van der Waals surface area contributed by atoms with Crippen molar-refractivity contribution in [2.75, 3.05) is 0 Å². The smallest absolute Gasteiger partial charge is 0.164 e. The van der Waals surface area contributed by atoms with E-state index in [4.69, 9.17) is 5.73 Å². The van der Waals surface area contributed by atoms with Gasteiger partial charge in [-0.2, -0.15) is 0 Å². The van der Waals surface area contributed by atoms with Crippen molar-refractivity contribution in [3.8, 4) is 5.82 Å². The van der Waals surface area contributed by atoms with Crippen molar-refractivity contribution in [2.45, 2.75) is 13.5 Å². The molecule has 5 nitrogen and oxygen atoms in total. The molecule has 14 heavy (non-hydrogen) atoms. The number of hydrogen-bond acceptors (Lipinski definition) is 4. The molecule has 5 heteroatoms. The molecule has 72 valence electrons. The molecule has 0 bridgehead atoms. The number of nitrogens with two attached hydrogens (primary N) is 1. The van der Waals surface area contributed by atoms with Crippen LogP contribution in [0.4, 0.5) is 0 Å². The third kappa shape index (κ3) is 1.62. The lowest BCUT2D eigenvalue weighted by molar-refractivity contribution is 0.807. The van der Waals surface area contributed by atoms with Crippen molar-refractivity contribution in [2.24, 2.45) is 5.73 Å². The summed E-state index contributed by atoms with van der Waals surface area (Å²) in [7, 11) is 0. The minimum Gasteiger partial charge on any atom is -0.324 e. The van der Waals surface area contributed by atoms with Crippen molar-refractivity contribution < 1.29 is 0 Å². The summed E-state index contributed by atoms with van der Waals surface area (Å²) in [6.45, 7) is 2.35. The van der Waals surface area contributed by atoms with Crippen molar-refractivity contribution in [1.29, 1.82) is 0 Å². The Balaban J connectivity index is 2.39. The number of rotatable bonds is 2. The molecule has 0 saturated heterocycles. The first-order valence-electron chi connectivity index (χ1n) is 4.33. The second kappa shape index (κ2) is 3.55. The van der Waals surface area contributed by atoms with Crippen LogP contribution >= 0.6 is 0 Å². The van der Waals surface area contributed by atoms with Crippen LogP contribution in [0.5, 0.6) is 0 Å². The first-order chi connectivity index (χ1) is 6.79. The highest BCUT2D eigenvalue weighted by Gasteiger charge is 2.01. The van der Waals surface area contributed by atoms with Crippen molar-refractivity contribution >= 4 is 0 Å². The standard InChI is InChI=1S/C9H11N5/c1-7-2-3-11-9(4-7)14-6-12-8(5-10)13-14/h2-4,6H,5,10H2,1H3. The van der Waals surface area contributed by atoms with Crippen LogP contribution in [0.25, 0.3) is 5.82 Å². The van der Waals surface area contributed by atoms with Gasteiger partial charge in [-0.3, -0.25) is 0 Å². The normalized spacial score (nSPS) is 10.4. The van der Waals surface area contributed by atoms with E-state index in [0.29, 0.717) is 12.4 Å². The average molecular weight is 189 g/mol. The molecule has 0 aromatic carbocycles. The summed E-state index contributed by atoms with van der Waals surface area (Å²) in [5.74, 6) is 1.38. The zero-order valence-electron chi connectivity index (χ0n) is 7.88. The van der Waals surface area contributed by atoms with Crippen LogP contribution in [0, 0.1) is 6.92 Å². The summed E-state index contributed by atoms with van der Waals surface area (Å²) in [4.78, 5) is 8.20. The van der Waals surface area contributed by atoms with Crippen LogP contribution in [0.1, 0.15) is 11.4 Å². The van der Waals surface area contributed by atoms with Gasteiger partial charge in [0.2, 0.25) is 0 Å². The van der Waals surface area contributed by atoms with Gasteiger partial charge >= 0.3 is 0 Å². The van der Waals surface area contributed by atoms with Gasteiger partial charge in [0.25, 0.3) is 0 Å². The first kappa shape index (κ1) is 8.83. The van der Waals surface area contributed by atoms with Gasteiger partial charge in [-0.05, 0) is 24.6 Å². The summed E-state index contributed by atoms with van der Waals surface area (Å²) in [5, 5.41) is 4.16. The lowest BCUT2D eigenvalue weighted by atomic mass is 10.3. The fourth-order valence-electron chi connectivity index (χ4n) is 1.15. The predicted molar refractivity (Wildman–Crippen MR) is 51.8 cm³/mol. The lowest BCUT2D eigenvalue weighted by Gasteiger charge is -1.99. The van der Waals surface area contributed by atoms with Crippen LogP contribution in [0.2, 0.25) is 0 Å². The van der Waals surface area contributed by atoms with E-state index < -0.39 is 0 Å². The van der Waals surface area contributed by atoms with Crippen molar-refractivity contribution in [3.05, 3.63) is 36.0 Å². The molecule has 0 aliphatic heterocycles. The summed E-state index contributed by atoms with van der Waals surface area (Å²) >= 11 is 0. The Kier molecular flexibility index (Phi) is 2.24. The molecule has 0 fully saturated rings. The second-order valence-corrected chi connectivity index (χ2v) is 3.00. The lowest BCUT2D eigenvalue weighted by Crippen LogP contribution is -2.02.